The molecular formula is C23H30O6. The van der Waals surface area contributed by atoms with Crippen LogP contribution >= 0.6 is 0 Å². The predicted octanol–water partition coefficient (Wildman–Crippen LogP) is 3.81. The molecule has 1 aromatic carbocycles. The van der Waals surface area contributed by atoms with Gasteiger partial charge in [0, 0.05) is 24.1 Å². The van der Waals surface area contributed by atoms with Gasteiger partial charge in [-0.3, -0.25) is 4.79 Å². The van der Waals surface area contributed by atoms with Crippen LogP contribution in [-0.2, 0) is 12.0 Å². The lowest BCUT2D eigenvalue weighted by Crippen LogP contribution is -2.39. The molecule has 4 rings (SSSR count). The van der Waals surface area contributed by atoms with Crippen molar-refractivity contribution in [3.63, 3.8) is 0 Å². The first-order valence-electron chi connectivity index (χ1n) is 10.6. The van der Waals surface area contributed by atoms with Crippen molar-refractivity contribution in [2.75, 3.05) is 6.61 Å². The van der Waals surface area contributed by atoms with Crippen molar-refractivity contribution in [2.45, 2.75) is 83.0 Å². The van der Waals surface area contributed by atoms with E-state index in [1.54, 1.807) is 19.9 Å². The van der Waals surface area contributed by atoms with Crippen LogP contribution in [0.15, 0.2) is 21.3 Å². The van der Waals surface area contributed by atoms with Crippen molar-refractivity contribution in [1.29, 1.82) is 0 Å². The number of benzene rings is 1. The van der Waals surface area contributed by atoms with Crippen LogP contribution in [0.5, 0.6) is 11.5 Å². The number of aliphatic hydroxyl groups is 2. The normalized spacial score (nSPS) is 21.1. The predicted molar refractivity (Wildman–Crippen MR) is 110 cm³/mol. The molecule has 1 fully saturated rings. The van der Waals surface area contributed by atoms with Crippen LogP contribution in [0.2, 0.25) is 0 Å². The fourth-order valence-corrected chi connectivity index (χ4v) is 4.35. The van der Waals surface area contributed by atoms with Gasteiger partial charge in [0.15, 0.2) is 5.43 Å². The van der Waals surface area contributed by atoms with E-state index in [0.717, 1.165) is 31.2 Å². The number of rotatable bonds is 5. The molecule has 2 aromatic rings. The largest absolute Gasteiger partial charge is 0.492 e. The Bertz CT molecular complexity index is 962. The Kier molecular flexibility index (Phi) is 5.11. The third kappa shape index (κ3) is 3.64. The van der Waals surface area contributed by atoms with Crippen LogP contribution in [0.1, 0.15) is 70.6 Å². The third-order valence-corrected chi connectivity index (χ3v) is 6.07. The summed E-state index contributed by atoms with van der Waals surface area (Å²) in [5.74, 6) is 1.35. The van der Waals surface area contributed by atoms with E-state index in [2.05, 4.69) is 0 Å². The molecule has 0 spiro atoms. The number of hydrogen-bond acceptors (Lipinski definition) is 6. The van der Waals surface area contributed by atoms with Gasteiger partial charge >= 0.3 is 0 Å². The second-order valence-corrected chi connectivity index (χ2v) is 8.94. The number of fused-ring (bicyclic) bond motifs is 2. The molecule has 1 aliphatic carbocycles. The van der Waals surface area contributed by atoms with E-state index in [1.165, 1.54) is 6.07 Å². The Morgan fingerprint density at radius 2 is 1.97 bits per heavy atom. The summed E-state index contributed by atoms with van der Waals surface area (Å²) in [4.78, 5) is 13.1. The van der Waals surface area contributed by atoms with Crippen LogP contribution in [0.25, 0.3) is 11.0 Å². The average Bonchev–Trinajstić information content (AvgIpc) is 3.10. The van der Waals surface area contributed by atoms with Gasteiger partial charge in [-0.15, -0.1) is 0 Å². The lowest BCUT2D eigenvalue weighted by molar-refractivity contribution is -0.0230. The average molecular weight is 402 g/mol. The van der Waals surface area contributed by atoms with Crippen molar-refractivity contribution in [1.82, 2.24) is 0 Å². The summed E-state index contributed by atoms with van der Waals surface area (Å²) >= 11 is 0. The minimum Gasteiger partial charge on any atom is -0.492 e. The summed E-state index contributed by atoms with van der Waals surface area (Å²) in [5, 5.41) is 21.8. The molecule has 2 aliphatic rings. The topological polar surface area (TPSA) is 89.1 Å². The highest BCUT2D eigenvalue weighted by Crippen LogP contribution is 2.44. The quantitative estimate of drug-likeness (QED) is 0.791. The molecule has 1 aromatic heterocycles. The Morgan fingerprint density at radius 1 is 1.24 bits per heavy atom. The van der Waals surface area contributed by atoms with E-state index in [-0.39, 0.29) is 5.43 Å². The molecule has 0 amide bonds. The highest BCUT2D eigenvalue weighted by atomic mass is 16.5. The van der Waals surface area contributed by atoms with Crippen LogP contribution in [0.3, 0.4) is 0 Å². The van der Waals surface area contributed by atoms with Gasteiger partial charge in [0.25, 0.3) is 0 Å². The van der Waals surface area contributed by atoms with Gasteiger partial charge in [-0.2, -0.15) is 0 Å². The summed E-state index contributed by atoms with van der Waals surface area (Å²) in [5.41, 5.74) is -1.22. The minimum absolute atomic E-state index is 0.221. The van der Waals surface area contributed by atoms with Gasteiger partial charge in [0.05, 0.1) is 12.2 Å². The molecule has 1 saturated carbocycles. The van der Waals surface area contributed by atoms with E-state index >= 15 is 0 Å². The highest BCUT2D eigenvalue weighted by molar-refractivity contribution is 5.87. The first kappa shape index (κ1) is 20.2. The SMILES string of the molecule is CCCOc1c2c(cc3oc(C4(O)CCCCC4)cc(=O)c13)O[C@H](C(C)(C)O)C2. The van der Waals surface area contributed by atoms with Crippen LogP contribution in [0, 0.1) is 0 Å². The summed E-state index contributed by atoms with van der Waals surface area (Å²) < 4.78 is 18.1. The van der Waals surface area contributed by atoms with Gasteiger partial charge in [0.2, 0.25) is 0 Å². The lowest BCUT2D eigenvalue weighted by atomic mass is 9.83. The second kappa shape index (κ2) is 7.33. The Labute approximate surface area is 170 Å². The molecular weight excluding hydrogens is 372 g/mol. The van der Waals surface area contributed by atoms with E-state index in [4.69, 9.17) is 13.9 Å². The van der Waals surface area contributed by atoms with Gasteiger partial charge in [-0.1, -0.05) is 26.2 Å². The monoisotopic (exact) mass is 402 g/mol. The van der Waals surface area contributed by atoms with E-state index in [1.807, 2.05) is 6.92 Å². The molecule has 1 atom stereocenters. The first-order valence-corrected chi connectivity index (χ1v) is 10.6. The standard InChI is InChI=1S/C23H30O6/c1-4-10-27-21-14-11-18(22(2,3)25)28-16(14)13-17-20(21)15(24)12-19(29-17)23(26)8-6-5-7-9-23/h12-13,18,25-26H,4-11H2,1-3H3/t18-/m0/s1. The third-order valence-electron chi connectivity index (χ3n) is 6.07. The fourth-order valence-electron chi connectivity index (χ4n) is 4.35. The van der Waals surface area contributed by atoms with E-state index in [9.17, 15) is 15.0 Å². The first-order chi connectivity index (χ1) is 13.7. The molecule has 6 nitrogen and oxygen atoms in total. The minimum atomic E-state index is -1.11. The van der Waals surface area contributed by atoms with Crippen molar-refractivity contribution in [3.8, 4) is 11.5 Å². The second-order valence-electron chi connectivity index (χ2n) is 8.94. The molecule has 29 heavy (non-hydrogen) atoms. The fraction of sp³-hybridized carbons (Fsp3) is 0.609. The maximum atomic E-state index is 13.1. The van der Waals surface area contributed by atoms with Crippen molar-refractivity contribution >= 4 is 11.0 Å². The molecule has 0 radical (unpaired) electrons. The van der Waals surface area contributed by atoms with Crippen LogP contribution < -0.4 is 14.9 Å². The van der Waals surface area contributed by atoms with Crippen LogP contribution in [-0.4, -0.2) is 28.5 Å². The Morgan fingerprint density at radius 3 is 2.62 bits per heavy atom. The zero-order valence-electron chi connectivity index (χ0n) is 17.4. The molecule has 1 aliphatic heterocycles. The number of ether oxygens (including phenoxy) is 2. The molecule has 0 bridgehead atoms. The van der Waals surface area contributed by atoms with Crippen molar-refractivity contribution in [3.05, 3.63) is 33.7 Å². The summed E-state index contributed by atoms with van der Waals surface area (Å²) in [6, 6.07) is 3.12. The Hall–Kier alpha value is -2.05. The number of hydrogen-bond donors (Lipinski definition) is 2. The summed E-state index contributed by atoms with van der Waals surface area (Å²) in [6.07, 6.45) is 4.88. The summed E-state index contributed by atoms with van der Waals surface area (Å²) in [6.45, 7) is 5.87. The Balaban J connectivity index is 1.87. The maximum Gasteiger partial charge on any atom is 0.196 e. The van der Waals surface area contributed by atoms with E-state index < -0.39 is 17.3 Å². The van der Waals surface area contributed by atoms with Crippen LogP contribution in [0.4, 0.5) is 0 Å². The zero-order valence-corrected chi connectivity index (χ0v) is 17.4. The molecule has 6 heteroatoms. The smallest absolute Gasteiger partial charge is 0.196 e. The van der Waals surface area contributed by atoms with Gasteiger partial charge in [0.1, 0.15) is 39.9 Å². The molecule has 2 N–H and O–H groups in total. The summed E-state index contributed by atoms with van der Waals surface area (Å²) in [7, 11) is 0. The lowest BCUT2D eigenvalue weighted by Gasteiger charge is -2.30. The zero-order chi connectivity index (χ0) is 20.8. The molecule has 0 unspecified atom stereocenters. The van der Waals surface area contributed by atoms with Crippen molar-refractivity contribution in [2.24, 2.45) is 0 Å². The van der Waals surface area contributed by atoms with Gasteiger partial charge < -0.3 is 24.1 Å². The highest BCUT2D eigenvalue weighted by Gasteiger charge is 2.39. The molecule has 0 saturated heterocycles. The molecule has 158 valence electrons. The molecule has 2 heterocycles. The van der Waals surface area contributed by atoms with Crippen molar-refractivity contribution < 1.29 is 24.1 Å². The maximum absolute atomic E-state index is 13.1. The van der Waals surface area contributed by atoms with E-state index in [0.29, 0.717) is 54.1 Å². The van der Waals surface area contributed by atoms with Gasteiger partial charge in [-0.05, 0) is 33.1 Å². The van der Waals surface area contributed by atoms with Gasteiger partial charge in [-0.25, -0.2) is 0 Å².